The number of aliphatic hydroxyl groups excluding tert-OH is 1. The molecule has 1 aliphatic heterocycles. The van der Waals surface area contributed by atoms with Crippen LogP contribution in [0.3, 0.4) is 0 Å². The number of carbonyl (C=O) groups excluding carboxylic acids is 1. The lowest BCUT2D eigenvalue weighted by molar-refractivity contribution is 0.0550. The number of fused-ring (bicyclic) bond motifs is 1. The smallest absolute Gasteiger partial charge is 0.272 e. The molecule has 0 radical (unpaired) electrons. The van der Waals surface area contributed by atoms with Gasteiger partial charge >= 0.3 is 0 Å². The van der Waals surface area contributed by atoms with Crippen molar-refractivity contribution in [3.63, 3.8) is 0 Å². The second-order valence-corrected chi connectivity index (χ2v) is 9.45. The van der Waals surface area contributed by atoms with Crippen LogP contribution in [-0.4, -0.2) is 50.4 Å². The summed E-state index contributed by atoms with van der Waals surface area (Å²) < 4.78 is 7.75. The third-order valence-corrected chi connectivity index (χ3v) is 6.77. The maximum absolute atomic E-state index is 13.3. The van der Waals surface area contributed by atoms with Gasteiger partial charge in [-0.05, 0) is 46.9 Å². The monoisotopic (exact) mass is 482 g/mol. The molecule has 36 heavy (non-hydrogen) atoms. The van der Waals surface area contributed by atoms with Crippen molar-refractivity contribution in [3.8, 4) is 28.1 Å². The van der Waals surface area contributed by atoms with Gasteiger partial charge in [-0.2, -0.15) is 5.10 Å². The second-order valence-electron chi connectivity index (χ2n) is 9.45. The minimum absolute atomic E-state index is 0.117. The first-order valence-corrected chi connectivity index (χ1v) is 12.2. The van der Waals surface area contributed by atoms with Gasteiger partial charge in [0.05, 0.1) is 19.2 Å². The van der Waals surface area contributed by atoms with Gasteiger partial charge in [-0.1, -0.05) is 50.2 Å². The average Bonchev–Trinajstić information content (AvgIpc) is 3.30. The van der Waals surface area contributed by atoms with Crippen LogP contribution in [0.5, 0.6) is 5.75 Å². The van der Waals surface area contributed by atoms with Crippen LogP contribution in [0.25, 0.3) is 22.4 Å². The number of amides is 1. The summed E-state index contributed by atoms with van der Waals surface area (Å²) >= 11 is 0. The number of aliphatic hydroxyl groups is 1. The Morgan fingerprint density at radius 2 is 1.69 bits per heavy atom. The van der Waals surface area contributed by atoms with Crippen LogP contribution in [0.4, 0.5) is 0 Å². The number of nitrogens with zero attached hydrogens (tertiary/aromatic N) is 4. The van der Waals surface area contributed by atoms with E-state index < -0.39 is 0 Å². The molecule has 0 spiro atoms. The first-order valence-electron chi connectivity index (χ1n) is 12.2. The van der Waals surface area contributed by atoms with Crippen molar-refractivity contribution in [2.45, 2.75) is 39.0 Å². The highest BCUT2D eigenvalue weighted by Crippen LogP contribution is 2.37. The molecule has 0 bridgehead atoms. The van der Waals surface area contributed by atoms with E-state index in [4.69, 9.17) is 9.84 Å². The molecule has 1 aliphatic rings. The SMILES string of the molecule is CC(C)c1ccc(COc2ccc(-c3c(-c4ccncc4)nn4c3C(=O)N(C)C(CO)C4)cc2)cc1. The molecular weight excluding hydrogens is 452 g/mol. The van der Waals surface area contributed by atoms with Crippen molar-refractivity contribution in [1.29, 1.82) is 0 Å². The van der Waals surface area contributed by atoms with Crippen molar-refractivity contribution in [2.24, 2.45) is 0 Å². The van der Waals surface area contributed by atoms with E-state index in [1.54, 1.807) is 29.0 Å². The van der Waals surface area contributed by atoms with Crippen molar-refractivity contribution < 1.29 is 14.6 Å². The average molecular weight is 483 g/mol. The Kier molecular flexibility index (Phi) is 6.57. The summed E-state index contributed by atoms with van der Waals surface area (Å²) in [5.41, 5.74) is 6.18. The molecule has 4 aromatic rings. The molecule has 1 atom stereocenters. The quantitative estimate of drug-likeness (QED) is 0.411. The first kappa shape index (κ1) is 23.8. The predicted molar refractivity (Wildman–Crippen MR) is 139 cm³/mol. The molecule has 2 aromatic heterocycles. The topological polar surface area (TPSA) is 80.5 Å². The molecule has 7 nitrogen and oxygen atoms in total. The molecule has 5 rings (SSSR count). The number of rotatable bonds is 7. The summed E-state index contributed by atoms with van der Waals surface area (Å²) in [7, 11) is 1.72. The standard InChI is InChI=1S/C29H30N4O3/c1-19(2)21-6-4-20(5-7-21)18-36-25-10-8-22(9-11-25)26-27(23-12-14-30-15-13-23)31-33-16-24(17-34)32(3)29(35)28(26)33/h4-15,19,24,34H,16-18H2,1-3H3. The summed E-state index contributed by atoms with van der Waals surface area (Å²) in [6.07, 6.45) is 3.43. The number of benzene rings is 2. The van der Waals surface area contributed by atoms with E-state index >= 15 is 0 Å². The predicted octanol–water partition coefficient (Wildman–Crippen LogP) is 4.76. The van der Waals surface area contributed by atoms with E-state index in [2.05, 4.69) is 43.1 Å². The molecule has 2 aromatic carbocycles. The van der Waals surface area contributed by atoms with Crippen LogP contribution in [0.15, 0.2) is 73.1 Å². The van der Waals surface area contributed by atoms with E-state index in [-0.39, 0.29) is 18.6 Å². The molecule has 0 aliphatic carbocycles. The van der Waals surface area contributed by atoms with Gasteiger partial charge in [0.25, 0.3) is 5.91 Å². The third-order valence-electron chi connectivity index (χ3n) is 6.77. The van der Waals surface area contributed by atoms with E-state index in [9.17, 15) is 9.90 Å². The van der Waals surface area contributed by atoms with Gasteiger partial charge in [0, 0.05) is 30.6 Å². The van der Waals surface area contributed by atoms with Gasteiger partial charge in [0.1, 0.15) is 23.7 Å². The minimum Gasteiger partial charge on any atom is -0.489 e. The van der Waals surface area contributed by atoms with Gasteiger partial charge in [0.15, 0.2) is 0 Å². The van der Waals surface area contributed by atoms with E-state index in [1.165, 1.54) is 5.56 Å². The van der Waals surface area contributed by atoms with Gasteiger partial charge in [-0.3, -0.25) is 14.5 Å². The molecule has 184 valence electrons. The Bertz CT molecular complexity index is 1350. The summed E-state index contributed by atoms with van der Waals surface area (Å²) in [6.45, 7) is 5.16. The summed E-state index contributed by atoms with van der Waals surface area (Å²) in [4.78, 5) is 19.0. The fourth-order valence-corrected chi connectivity index (χ4v) is 4.52. The van der Waals surface area contributed by atoms with Crippen LogP contribution in [0.2, 0.25) is 0 Å². The van der Waals surface area contributed by atoms with Crippen LogP contribution in [-0.2, 0) is 13.2 Å². The van der Waals surface area contributed by atoms with Crippen molar-refractivity contribution >= 4 is 5.91 Å². The number of ether oxygens (including phenoxy) is 1. The summed E-state index contributed by atoms with van der Waals surface area (Å²) in [5, 5.41) is 14.6. The van der Waals surface area contributed by atoms with Gasteiger partial charge in [0.2, 0.25) is 0 Å². The minimum atomic E-state index is -0.312. The lowest BCUT2D eigenvalue weighted by Gasteiger charge is -2.32. The van der Waals surface area contributed by atoms with E-state index in [0.717, 1.165) is 28.0 Å². The Balaban J connectivity index is 1.45. The van der Waals surface area contributed by atoms with Crippen LogP contribution in [0.1, 0.15) is 41.4 Å². The van der Waals surface area contributed by atoms with Crippen LogP contribution in [0, 0.1) is 0 Å². The second kappa shape index (κ2) is 9.95. The Morgan fingerprint density at radius 1 is 1.00 bits per heavy atom. The number of hydrogen-bond acceptors (Lipinski definition) is 5. The zero-order chi connectivity index (χ0) is 25.2. The van der Waals surface area contributed by atoms with Gasteiger partial charge in [-0.25, -0.2) is 0 Å². The molecule has 0 saturated carbocycles. The van der Waals surface area contributed by atoms with E-state index in [0.29, 0.717) is 30.5 Å². The fourth-order valence-electron chi connectivity index (χ4n) is 4.52. The Morgan fingerprint density at radius 3 is 2.33 bits per heavy atom. The Hall–Kier alpha value is -3.97. The number of carbonyl (C=O) groups is 1. The Labute approximate surface area is 211 Å². The molecular formula is C29H30N4O3. The number of aromatic nitrogens is 3. The molecule has 1 unspecified atom stereocenters. The maximum Gasteiger partial charge on any atom is 0.272 e. The normalized spacial score (nSPS) is 15.3. The lowest BCUT2D eigenvalue weighted by atomic mass is 9.97. The number of hydrogen-bond donors (Lipinski definition) is 1. The maximum atomic E-state index is 13.3. The highest BCUT2D eigenvalue weighted by molar-refractivity contribution is 6.03. The van der Waals surface area contributed by atoms with Gasteiger partial charge < -0.3 is 14.7 Å². The van der Waals surface area contributed by atoms with Crippen molar-refractivity contribution in [2.75, 3.05) is 13.7 Å². The zero-order valence-electron chi connectivity index (χ0n) is 20.8. The molecule has 7 heteroatoms. The van der Waals surface area contributed by atoms with Crippen LogP contribution >= 0.6 is 0 Å². The van der Waals surface area contributed by atoms with E-state index in [1.807, 2.05) is 36.4 Å². The highest BCUT2D eigenvalue weighted by Gasteiger charge is 2.35. The lowest BCUT2D eigenvalue weighted by Crippen LogP contribution is -2.47. The van der Waals surface area contributed by atoms with Gasteiger partial charge in [-0.15, -0.1) is 0 Å². The van der Waals surface area contributed by atoms with Crippen molar-refractivity contribution in [1.82, 2.24) is 19.7 Å². The molecule has 0 fully saturated rings. The summed E-state index contributed by atoms with van der Waals surface area (Å²) in [5.74, 6) is 1.09. The number of likely N-dealkylation sites (N-methyl/N-ethyl adjacent to an activating group) is 1. The molecule has 1 N–H and O–H groups in total. The fraction of sp³-hybridized carbons (Fsp3) is 0.276. The van der Waals surface area contributed by atoms with Crippen molar-refractivity contribution in [3.05, 3.63) is 89.9 Å². The highest BCUT2D eigenvalue weighted by atomic mass is 16.5. The third kappa shape index (κ3) is 4.50. The summed E-state index contributed by atoms with van der Waals surface area (Å²) in [6, 6.07) is 19.7. The molecule has 3 heterocycles. The molecule has 0 saturated heterocycles. The zero-order valence-corrected chi connectivity index (χ0v) is 20.8. The number of pyridine rings is 1. The molecule has 1 amide bonds. The largest absolute Gasteiger partial charge is 0.489 e. The first-order chi connectivity index (χ1) is 17.5. The van der Waals surface area contributed by atoms with Crippen LogP contribution < -0.4 is 4.74 Å².